The molecule has 1 amide bonds. The van der Waals surface area contributed by atoms with E-state index < -0.39 is 0 Å². The third-order valence-corrected chi connectivity index (χ3v) is 4.82. The molecule has 0 aromatic carbocycles. The Bertz CT molecular complexity index is 479. The van der Waals surface area contributed by atoms with E-state index in [9.17, 15) is 4.79 Å². The van der Waals surface area contributed by atoms with Crippen molar-refractivity contribution in [1.29, 1.82) is 5.41 Å². The summed E-state index contributed by atoms with van der Waals surface area (Å²) in [6.07, 6.45) is 0. The molecule has 0 saturated heterocycles. The van der Waals surface area contributed by atoms with Gasteiger partial charge in [0.25, 0.3) is 0 Å². The van der Waals surface area contributed by atoms with Crippen molar-refractivity contribution in [2.24, 2.45) is 0 Å². The molecule has 1 aromatic heterocycles. The average Bonchev–Trinajstić information content (AvgIpc) is 2.77. The second kappa shape index (κ2) is 7.14. The number of thiophene rings is 1. The summed E-state index contributed by atoms with van der Waals surface area (Å²) in [7, 11) is 0. The number of β-amino-alcohol motifs (C(OH)–C–C–N with tert-alkyl or cyclic N) is 1. The van der Waals surface area contributed by atoms with Crippen LogP contribution in [-0.2, 0) is 9.53 Å². The number of carbonyl (C=O) groups is 1. The van der Waals surface area contributed by atoms with Crippen LogP contribution in [0.3, 0.4) is 0 Å². The van der Waals surface area contributed by atoms with E-state index in [0.717, 1.165) is 9.90 Å². The zero-order valence-corrected chi connectivity index (χ0v) is 12.8. The number of aliphatic hydroxyl groups excluding tert-OH is 1. The number of fused-ring (bicyclic) bond motifs is 1. The Balaban J connectivity index is 0.00000180. The Morgan fingerprint density at radius 1 is 1.63 bits per heavy atom. The largest absolute Gasteiger partial charge is 0.477 e. The van der Waals surface area contributed by atoms with E-state index in [1.807, 2.05) is 6.92 Å². The summed E-state index contributed by atoms with van der Waals surface area (Å²) in [4.78, 5) is 14.1. The molecule has 106 valence electrons. The number of aliphatic hydroxyl groups is 1. The molecule has 0 atom stereocenters. The van der Waals surface area contributed by atoms with Gasteiger partial charge in [0, 0.05) is 6.54 Å². The maximum atomic E-state index is 11.8. The molecule has 1 aliphatic rings. The molecule has 19 heavy (non-hydrogen) atoms. The van der Waals surface area contributed by atoms with Crippen LogP contribution >= 0.6 is 35.5 Å². The normalized spacial score (nSPS) is 13.8. The van der Waals surface area contributed by atoms with E-state index in [1.165, 1.54) is 23.1 Å². The van der Waals surface area contributed by atoms with Crippen molar-refractivity contribution in [2.45, 2.75) is 11.1 Å². The monoisotopic (exact) mass is 322 g/mol. The van der Waals surface area contributed by atoms with Crippen molar-refractivity contribution in [3.8, 4) is 0 Å². The first-order valence-electron chi connectivity index (χ1n) is 5.57. The van der Waals surface area contributed by atoms with Gasteiger partial charge in [0.2, 0.25) is 11.8 Å². The number of anilines is 1. The van der Waals surface area contributed by atoms with Crippen LogP contribution in [0.1, 0.15) is 11.8 Å². The Hall–Kier alpha value is -0.760. The van der Waals surface area contributed by atoms with Crippen LogP contribution in [0.4, 0.5) is 5.69 Å². The van der Waals surface area contributed by atoms with Gasteiger partial charge < -0.3 is 14.7 Å². The van der Waals surface area contributed by atoms with Gasteiger partial charge in [0.15, 0.2) is 0 Å². The molecule has 2 N–H and O–H groups in total. The minimum atomic E-state index is -0.0655. The highest BCUT2D eigenvalue weighted by atomic mass is 35.5. The van der Waals surface area contributed by atoms with Crippen LogP contribution in [-0.4, -0.2) is 42.4 Å². The molecule has 0 bridgehead atoms. The number of rotatable bonds is 4. The highest BCUT2D eigenvalue weighted by Crippen LogP contribution is 2.42. The summed E-state index contributed by atoms with van der Waals surface area (Å²) >= 11 is 2.93. The maximum absolute atomic E-state index is 11.8. The van der Waals surface area contributed by atoms with E-state index in [1.54, 1.807) is 11.0 Å². The second-order valence-electron chi connectivity index (χ2n) is 3.60. The molecule has 0 aliphatic carbocycles. The molecular weight excluding hydrogens is 308 g/mol. The van der Waals surface area contributed by atoms with Crippen molar-refractivity contribution in [3.05, 3.63) is 10.9 Å². The van der Waals surface area contributed by atoms with Crippen molar-refractivity contribution < 1.29 is 14.6 Å². The van der Waals surface area contributed by atoms with E-state index in [-0.39, 0.29) is 30.8 Å². The fraction of sp³-hybridized carbons (Fsp3) is 0.455. The standard InChI is InChI=1S/C11H14N2O3S2.ClH/c1-2-16-10(12)8-5-7-11(18-8)17-6-9(15)13(7)3-4-14;/h5,12,14H,2-4,6H2,1H3;1H. The molecule has 2 rings (SSSR count). The Morgan fingerprint density at radius 3 is 3.00 bits per heavy atom. The predicted molar refractivity (Wildman–Crippen MR) is 80.2 cm³/mol. The fourth-order valence-corrected chi connectivity index (χ4v) is 3.87. The van der Waals surface area contributed by atoms with Gasteiger partial charge in [-0.1, -0.05) is 0 Å². The van der Waals surface area contributed by atoms with Gasteiger partial charge >= 0.3 is 0 Å². The number of nitrogens with zero attached hydrogens (tertiary/aromatic N) is 1. The van der Waals surface area contributed by atoms with E-state index in [0.29, 0.717) is 23.8 Å². The number of hydrogen-bond acceptors (Lipinski definition) is 6. The molecule has 0 saturated carbocycles. The van der Waals surface area contributed by atoms with Gasteiger partial charge in [-0.25, -0.2) is 0 Å². The van der Waals surface area contributed by atoms with Gasteiger partial charge in [-0.15, -0.1) is 35.5 Å². The van der Waals surface area contributed by atoms with Crippen molar-refractivity contribution >= 4 is 53.0 Å². The lowest BCUT2D eigenvalue weighted by atomic mass is 10.3. The Labute approximate surface area is 125 Å². The van der Waals surface area contributed by atoms with Gasteiger partial charge in [0.1, 0.15) is 0 Å². The number of hydrogen-bond donors (Lipinski definition) is 2. The number of halogens is 1. The summed E-state index contributed by atoms with van der Waals surface area (Å²) < 4.78 is 6.16. The van der Waals surface area contributed by atoms with Crippen molar-refractivity contribution in [2.75, 3.05) is 30.4 Å². The first kappa shape index (κ1) is 16.3. The summed E-state index contributed by atoms with van der Waals surface area (Å²) in [5.41, 5.74) is 0.787. The van der Waals surface area contributed by atoms with Crippen molar-refractivity contribution in [3.63, 3.8) is 0 Å². The van der Waals surface area contributed by atoms with Crippen LogP contribution < -0.4 is 4.90 Å². The minimum Gasteiger partial charge on any atom is -0.477 e. The van der Waals surface area contributed by atoms with Gasteiger partial charge in [-0.05, 0) is 13.0 Å². The number of thioether (sulfide) groups is 1. The SMILES string of the molecule is CCOC(=N)c1cc2c(s1)SCC(=O)N2CCO.Cl. The first-order valence-corrected chi connectivity index (χ1v) is 7.37. The number of amides is 1. The Kier molecular flexibility index (Phi) is 6.12. The van der Waals surface area contributed by atoms with Gasteiger partial charge in [-0.3, -0.25) is 10.2 Å². The van der Waals surface area contributed by atoms with E-state index in [4.69, 9.17) is 15.3 Å². The predicted octanol–water partition coefficient (Wildman–Crippen LogP) is 1.96. The minimum absolute atomic E-state index is 0. The molecule has 8 heteroatoms. The average molecular weight is 323 g/mol. The van der Waals surface area contributed by atoms with E-state index >= 15 is 0 Å². The molecule has 0 fully saturated rings. The topological polar surface area (TPSA) is 73.6 Å². The van der Waals surface area contributed by atoms with E-state index in [2.05, 4.69) is 0 Å². The summed E-state index contributed by atoms with van der Waals surface area (Å²) in [5, 5.41) is 16.8. The molecule has 1 aliphatic heterocycles. The second-order valence-corrected chi connectivity index (χ2v) is 5.90. The van der Waals surface area contributed by atoms with Gasteiger partial charge in [-0.2, -0.15) is 0 Å². The Morgan fingerprint density at radius 2 is 2.37 bits per heavy atom. The lowest BCUT2D eigenvalue weighted by Gasteiger charge is -2.25. The number of carbonyl (C=O) groups excluding carboxylic acids is 1. The van der Waals surface area contributed by atoms with Crippen LogP contribution in [0.15, 0.2) is 10.3 Å². The van der Waals surface area contributed by atoms with Crippen molar-refractivity contribution in [1.82, 2.24) is 0 Å². The summed E-state index contributed by atoms with van der Waals surface area (Å²) in [5.74, 6) is 0.511. The highest BCUT2D eigenvalue weighted by Gasteiger charge is 2.27. The lowest BCUT2D eigenvalue weighted by Crippen LogP contribution is -2.36. The molecule has 0 spiro atoms. The fourth-order valence-electron chi connectivity index (χ4n) is 1.67. The third-order valence-electron chi connectivity index (χ3n) is 2.43. The molecule has 0 radical (unpaired) electrons. The lowest BCUT2D eigenvalue weighted by molar-refractivity contribution is -0.116. The molecule has 1 aromatic rings. The maximum Gasteiger partial charge on any atom is 0.237 e. The quantitative estimate of drug-likeness (QED) is 0.656. The van der Waals surface area contributed by atoms with Crippen LogP contribution in [0.5, 0.6) is 0 Å². The third kappa shape index (κ3) is 3.42. The van der Waals surface area contributed by atoms with Crippen LogP contribution in [0.2, 0.25) is 0 Å². The van der Waals surface area contributed by atoms with Gasteiger partial charge in [0.05, 0.1) is 33.7 Å². The van der Waals surface area contributed by atoms with Crippen LogP contribution in [0, 0.1) is 5.41 Å². The zero-order valence-electron chi connectivity index (χ0n) is 10.3. The number of ether oxygens (including phenoxy) is 1. The summed E-state index contributed by atoms with van der Waals surface area (Å²) in [6, 6.07) is 1.79. The smallest absolute Gasteiger partial charge is 0.237 e. The zero-order chi connectivity index (χ0) is 13.1. The molecule has 5 nitrogen and oxygen atoms in total. The molecule has 0 unspecified atom stereocenters. The number of nitrogens with one attached hydrogen (secondary N) is 1. The summed E-state index contributed by atoms with van der Waals surface area (Å²) in [6.45, 7) is 2.51. The first-order chi connectivity index (χ1) is 8.67. The van der Waals surface area contributed by atoms with Crippen LogP contribution in [0.25, 0.3) is 0 Å². The molecular formula is C11H15ClN2O3S2. The molecule has 2 heterocycles. The highest BCUT2D eigenvalue weighted by molar-refractivity contribution is 8.02.